The number of carbonyl (C=O) groups is 2. The molecule has 2 aliphatic heterocycles. The molecule has 2 aromatic carbocycles. The number of nitrogens with two attached hydrogens (primary N) is 1. The Morgan fingerprint density at radius 3 is 2.31 bits per heavy atom. The van der Waals surface area contributed by atoms with Crippen molar-refractivity contribution in [1.29, 1.82) is 0 Å². The van der Waals surface area contributed by atoms with Crippen LogP contribution in [0.2, 0.25) is 0 Å². The van der Waals surface area contributed by atoms with Crippen LogP contribution in [0.25, 0.3) is 11.1 Å². The molecule has 1 fully saturated rings. The van der Waals surface area contributed by atoms with Crippen molar-refractivity contribution in [2.75, 3.05) is 19.7 Å². The average molecular weight is 477 g/mol. The predicted octanol–water partition coefficient (Wildman–Crippen LogP) is 5.26. The number of nitrogens with zero attached hydrogens (tertiary/aromatic N) is 1. The van der Waals surface area contributed by atoms with Gasteiger partial charge >= 0.3 is 5.97 Å². The monoisotopic (exact) mass is 476 g/mol. The summed E-state index contributed by atoms with van der Waals surface area (Å²) >= 11 is 0. The molecule has 2 heterocycles. The number of ether oxygens (including phenoxy) is 2. The minimum Gasteiger partial charge on any atom is -0.462 e. The van der Waals surface area contributed by atoms with Gasteiger partial charge in [0.05, 0.1) is 6.61 Å². The van der Waals surface area contributed by atoms with Gasteiger partial charge in [-0.25, -0.2) is 4.79 Å². The van der Waals surface area contributed by atoms with Gasteiger partial charge in [-0.3, -0.25) is 4.79 Å². The first kappa shape index (κ1) is 24.8. The van der Waals surface area contributed by atoms with Gasteiger partial charge in [-0.15, -0.1) is 0 Å². The quantitative estimate of drug-likeness (QED) is 0.595. The lowest BCUT2D eigenvalue weighted by Crippen LogP contribution is -2.37. The van der Waals surface area contributed by atoms with Gasteiger partial charge in [0.2, 0.25) is 11.8 Å². The molecule has 1 saturated heterocycles. The average Bonchev–Trinajstić information content (AvgIpc) is 2.84. The molecule has 1 amide bonds. The lowest BCUT2D eigenvalue weighted by atomic mass is 9.83. The highest BCUT2D eigenvalue weighted by Crippen LogP contribution is 2.43. The maximum Gasteiger partial charge on any atom is 0.340 e. The van der Waals surface area contributed by atoms with E-state index in [1.807, 2.05) is 23.1 Å². The maximum absolute atomic E-state index is 13.3. The van der Waals surface area contributed by atoms with Crippen LogP contribution < -0.4 is 10.5 Å². The summed E-state index contributed by atoms with van der Waals surface area (Å²) in [6, 6.07) is 14.4. The molecule has 1 unspecified atom stereocenters. The van der Waals surface area contributed by atoms with E-state index in [4.69, 9.17) is 15.2 Å². The number of piperidine rings is 1. The second-order valence-corrected chi connectivity index (χ2v) is 10.4. The molecule has 0 aliphatic carbocycles. The standard InChI is InChI=1S/C29H36N2O4/c1-5-34-28(33)26-23(18-25(32)31-15-7-6-8-16-31)22-17-20(11-14-24(22)35-27(26)30)19-9-12-21(13-10-19)29(2,3)4/h9-14,17,23H,5-8,15-16,18,30H2,1-4H3. The van der Waals surface area contributed by atoms with Gasteiger partial charge in [0, 0.05) is 31.0 Å². The number of hydrogen-bond donors (Lipinski definition) is 1. The smallest absolute Gasteiger partial charge is 0.340 e. The lowest BCUT2D eigenvalue weighted by Gasteiger charge is -2.32. The van der Waals surface area contributed by atoms with Crippen molar-refractivity contribution in [3.8, 4) is 16.9 Å². The first-order chi connectivity index (χ1) is 16.7. The zero-order valence-corrected chi connectivity index (χ0v) is 21.2. The summed E-state index contributed by atoms with van der Waals surface area (Å²) < 4.78 is 11.2. The molecule has 6 nitrogen and oxygen atoms in total. The number of amides is 1. The molecule has 2 N–H and O–H groups in total. The number of rotatable bonds is 5. The van der Waals surface area contributed by atoms with Crippen molar-refractivity contribution in [1.82, 2.24) is 4.90 Å². The van der Waals surface area contributed by atoms with Crippen LogP contribution in [0, 0.1) is 0 Å². The van der Waals surface area contributed by atoms with E-state index in [2.05, 4.69) is 45.0 Å². The molecule has 0 spiro atoms. The van der Waals surface area contributed by atoms with Gasteiger partial charge in [0.25, 0.3) is 0 Å². The van der Waals surface area contributed by atoms with Gasteiger partial charge in [0.1, 0.15) is 11.3 Å². The molecule has 0 aromatic heterocycles. The Labute approximate surface area is 208 Å². The van der Waals surface area contributed by atoms with E-state index in [1.54, 1.807) is 6.92 Å². The SMILES string of the molecule is CCOC(=O)C1=C(N)Oc2ccc(-c3ccc(C(C)(C)C)cc3)cc2C1CC(=O)N1CCCCC1. The summed E-state index contributed by atoms with van der Waals surface area (Å²) in [6.07, 6.45) is 3.31. The van der Waals surface area contributed by atoms with E-state index in [-0.39, 0.29) is 35.8 Å². The van der Waals surface area contributed by atoms with Crippen LogP contribution >= 0.6 is 0 Å². The van der Waals surface area contributed by atoms with Crippen molar-refractivity contribution < 1.29 is 19.1 Å². The summed E-state index contributed by atoms with van der Waals surface area (Å²) in [5, 5.41) is 0. The van der Waals surface area contributed by atoms with Gasteiger partial charge in [-0.2, -0.15) is 0 Å². The van der Waals surface area contributed by atoms with Crippen LogP contribution in [-0.4, -0.2) is 36.5 Å². The minimum atomic E-state index is -0.535. The van der Waals surface area contributed by atoms with Gasteiger partial charge in [-0.05, 0) is 60.4 Å². The zero-order valence-electron chi connectivity index (χ0n) is 21.2. The third-order valence-electron chi connectivity index (χ3n) is 6.89. The van der Waals surface area contributed by atoms with Crippen molar-refractivity contribution in [3.05, 3.63) is 65.0 Å². The van der Waals surface area contributed by atoms with Crippen LogP contribution in [0.4, 0.5) is 0 Å². The molecule has 6 heteroatoms. The van der Waals surface area contributed by atoms with Gasteiger partial charge in [0.15, 0.2) is 0 Å². The van der Waals surface area contributed by atoms with Crippen LogP contribution in [0.15, 0.2) is 53.9 Å². The summed E-state index contributed by atoms with van der Waals surface area (Å²) in [4.78, 5) is 28.1. The molecule has 186 valence electrons. The van der Waals surface area contributed by atoms with E-state index in [0.29, 0.717) is 5.75 Å². The van der Waals surface area contributed by atoms with E-state index in [1.165, 1.54) is 5.56 Å². The Balaban J connectivity index is 1.72. The maximum atomic E-state index is 13.3. The van der Waals surface area contributed by atoms with E-state index < -0.39 is 11.9 Å². The molecule has 0 radical (unpaired) electrons. The fraction of sp³-hybridized carbons (Fsp3) is 0.448. The Morgan fingerprint density at radius 1 is 1.03 bits per heavy atom. The van der Waals surface area contributed by atoms with Gasteiger partial charge < -0.3 is 20.1 Å². The third kappa shape index (κ3) is 5.37. The largest absolute Gasteiger partial charge is 0.462 e. The van der Waals surface area contributed by atoms with E-state index in [0.717, 1.165) is 49.0 Å². The van der Waals surface area contributed by atoms with Crippen LogP contribution in [0.1, 0.15) is 70.4 Å². The summed E-state index contributed by atoms with van der Waals surface area (Å²) in [7, 11) is 0. The Kier molecular flexibility index (Phi) is 7.20. The normalized spacial score (nSPS) is 18.1. The molecule has 4 rings (SSSR count). The molecule has 2 aromatic rings. The molecular weight excluding hydrogens is 440 g/mol. The van der Waals surface area contributed by atoms with Crippen molar-refractivity contribution in [3.63, 3.8) is 0 Å². The fourth-order valence-corrected chi connectivity index (χ4v) is 4.87. The first-order valence-electron chi connectivity index (χ1n) is 12.6. The molecule has 0 saturated carbocycles. The predicted molar refractivity (Wildman–Crippen MR) is 137 cm³/mol. The third-order valence-corrected chi connectivity index (χ3v) is 6.89. The van der Waals surface area contributed by atoms with Gasteiger partial charge in [-0.1, -0.05) is 51.1 Å². The van der Waals surface area contributed by atoms with Crippen molar-refractivity contribution >= 4 is 11.9 Å². The Morgan fingerprint density at radius 2 is 1.69 bits per heavy atom. The second kappa shape index (κ2) is 10.1. The van der Waals surface area contributed by atoms with Crippen molar-refractivity contribution in [2.45, 2.75) is 64.7 Å². The number of likely N-dealkylation sites (tertiary alicyclic amines) is 1. The van der Waals surface area contributed by atoms with Crippen LogP contribution in [0.5, 0.6) is 5.75 Å². The summed E-state index contributed by atoms with van der Waals surface area (Å²) in [5.74, 6) is -0.457. The number of fused-ring (bicyclic) bond motifs is 1. The summed E-state index contributed by atoms with van der Waals surface area (Å²) in [6.45, 7) is 10.0. The Hall–Kier alpha value is -3.28. The molecule has 35 heavy (non-hydrogen) atoms. The van der Waals surface area contributed by atoms with E-state index in [9.17, 15) is 9.59 Å². The number of benzene rings is 2. The topological polar surface area (TPSA) is 81.9 Å². The Bertz CT molecular complexity index is 1120. The minimum absolute atomic E-state index is 0.00896. The van der Waals surface area contributed by atoms with Crippen LogP contribution in [-0.2, 0) is 19.7 Å². The van der Waals surface area contributed by atoms with Crippen LogP contribution in [0.3, 0.4) is 0 Å². The second-order valence-electron chi connectivity index (χ2n) is 10.4. The lowest BCUT2D eigenvalue weighted by molar-refractivity contribution is -0.139. The highest BCUT2D eigenvalue weighted by molar-refractivity contribution is 5.93. The first-order valence-corrected chi connectivity index (χ1v) is 12.6. The number of carbonyl (C=O) groups excluding carboxylic acids is 2. The van der Waals surface area contributed by atoms with E-state index >= 15 is 0 Å². The zero-order chi connectivity index (χ0) is 25.2. The van der Waals surface area contributed by atoms with Crippen molar-refractivity contribution in [2.24, 2.45) is 5.73 Å². The molecule has 1 atom stereocenters. The summed E-state index contributed by atoms with van der Waals surface area (Å²) in [5.41, 5.74) is 10.6. The molecule has 0 bridgehead atoms. The molecule has 2 aliphatic rings. The highest BCUT2D eigenvalue weighted by Gasteiger charge is 2.37. The molecular formula is C29H36N2O4. The number of esters is 1. The number of hydrogen-bond acceptors (Lipinski definition) is 5. The fourth-order valence-electron chi connectivity index (χ4n) is 4.87. The highest BCUT2D eigenvalue weighted by atomic mass is 16.5.